The maximum Gasteiger partial charge on any atom is 0.414 e. The van der Waals surface area contributed by atoms with Crippen LogP contribution in [0.3, 0.4) is 0 Å². The minimum absolute atomic E-state index is 0.0799. The molecule has 332 valence electrons. The van der Waals surface area contributed by atoms with E-state index in [4.69, 9.17) is 24.7 Å². The molecule has 0 unspecified atom stereocenters. The summed E-state index contributed by atoms with van der Waals surface area (Å²) in [6, 6.07) is 10.4. The van der Waals surface area contributed by atoms with Gasteiger partial charge in [-0.2, -0.15) is 11.8 Å². The van der Waals surface area contributed by atoms with Gasteiger partial charge in [0.2, 0.25) is 21.7 Å². The summed E-state index contributed by atoms with van der Waals surface area (Å²) in [5.74, 6) is -2.16. The average molecular weight is 921 g/mol. The van der Waals surface area contributed by atoms with Gasteiger partial charge in [0.15, 0.2) is 0 Å². The SMILES string of the molecule is CSc1sc(C(=N)NC(=O)OC(C)(C)C)cc1S(=O)(=O)c1cccc(-c2c(C)cc(N=C(NC(=O)OC(C)(C)C)NC(=O)OC(C)(C)C)cc2NC(=O)CSCCC(=O)O)c1. The first-order valence-corrected chi connectivity index (χ1v) is 23.2. The van der Waals surface area contributed by atoms with Crippen LogP contribution in [0.5, 0.6) is 0 Å². The summed E-state index contributed by atoms with van der Waals surface area (Å²) >= 11 is 3.28. The third-order valence-electron chi connectivity index (χ3n) is 7.21. The van der Waals surface area contributed by atoms with Gasteiger partial charge in [-0.15, -0.1) is 23.1 Å². The molecule has 4 amide bonds. The topological polar surface area (TPSA) is 252 Å². The summed E-state index contributed by atoms with van der Waals surface area (Å²) in [4.78, 5) is 66.8. The number of thiophene rings is 1. The van der Waals surface area contributed by atoms with Crippen LogP contribution in [0.15, 0.2) is 61.5 Å². The molecule has 0 saturated carbocycles. The average Bonchev–Trinajstić information content (AvgIpc) is 3.53. The highest BCUT2D eigenvalue weighted by atomic mass is 32.2. The summed E-state index contributed by atoms with van der Waals surface area (Å²) in [5, 5.41) is 27.5. The molecule has 0 saturated heterocycles. The highest BCUT2D eigenvalue weighted by Gasteiger charge is 2.28. The number of aliphatic imine (C=N–C) groups is 1. The fourth-order valence-electron chi connectivity index (χ4n) is 5.07. The fourth-order valence-corrected chi connectivity index (χ4v) is 9.73. The zero-order chi connectivity index (χ0) is 46.1. The van der Waals surface area contributed by atoms with E-state index in [-0.39, 0.29) is 55.8 Å². The molecule has 0 aliphatic heterocycles. The number of hydrogen-bond donors (Lipinski definition) is 6. The van der Waals surface area contributed by atoms with Crippen molar-refractivity contribution in [2.24, 2.45) is 4.99 Å². The summed E-state index contributed by atoms with van der Waals surface area (Å²) < 4.78 is 44.9. The van der Waals surface area contributed by atoms with Crippen LogP contribution in [0.1, 0.15) is 79.2 Å². The Hall–Kier alpha value is -5.12. The molecule has 0 spiro atoms. The number of ether oxygens (including phenoxy) is 3. The second kappa shape index (κ2) is 20.6. The van der Waals surface area contributed by atoms with E-state index >= 15 is 0 Å². The molecule has 0 aliphatic rings. The van der Waals surface area contributed by atoms with Gasteiger partial charge in [0, 0.05) is 11.3 Å². The molecule has 17 nitrogen and oxygen atoms in total. The molecule has 3 aromatic rings. The van der Waals surface area contributed by atoms with E-state index in [0.29, 0.717) is 20.9 Å². The summed E-state index contributed by atoms with van der Waals surface area (Å²) in [5.41, 5.74) is -1.03. The number of sulfone groups is 1. The Morgan fingerprint density at radius 2 is 1.39 bits per heavy atom. The summed E-state index contributed by atoms with van der Waals surface area (Å²) in [6.45, 7) is 16.6. The second-order valence-corrected chi connectivity index (χ2v) is 21.3. The number of hydrogen-bond acceptors (Lipinski definition) is 15. The number of aliphatic carboxylic acids is 1. The molecule has 1 heterocycles. The Balaban J connectivity index is 2.16. The van der Waals surface area contributed by atoms with Gasteiger partial charge in [0.1, 0.15) is 22.6 Å². The van der Waals surface area contributed by atoms with Crippen molar-refractivity contribution in [2.45, 2.75) is 106 Å². The van der Waals surface area contributed by atoms with Gasteiger partial charge >= 0.3 is 24.2 Å². The Morgan fingerprint density at radius 3 is 1.92 bits per heavy atom. The minimum Gasteiger partial charge on any atom is -0.481 e. The van der Waals surface area contributed by atoms with E-state index < -0.39 is 56.8 Å². The van der Waals surface area contributed by atoms with Crippen LogP contribution in [0.25, 0.3) is 11.1 Å². The molecule has 0 bridgehead atoms. The molecular formula is C40H52N6O11S4. The zero-order valence-corrected chi connectivity index (χ0v) is 39.0. The van der Waals surface area contributed by atoms with E-state index in [2.05, 4.69) is 26.3 Å². The number of guanidine groups is 1. The third-order valence-corrected chi connectivity index (χ3v) is 12.5. The first kappa shape index (κ1) is 50.2. The number of carbonyl (C=O) groups excluding carboxylic acids is 4. The maximum absolute atomic E-state index is 14.3. The van der Waals surface area contributed by atoms with Gasteiger partial charge < -0.3 is 24.6 Å². The van der Waals surface area contributed by atoms with Gasteiger partial charge in [0.05, 0.1) is 42.4 Å². The van der Waals surface area contributed by atoms with Crippen LogP contribution in [-0.2, 0) is 33.6 Å². The molecule has 0 aliphatic carbocycles. The minimum atomic E-state index is -4.24. The number of alkyl carbamates (subject to hydrolysis) is 3. The van der Waals surface area contributed by atoms with Crippen molar-refractivity contribution < 1.29 is 51.7 Å². The van der Waals surface area contributed by atoms with Crippen LogP contribution < -0.4 is 21.3 Å². The monoisotopic (exact) mass is 920 g/mol. The lowest BCUT2D eigenvalue weighted by molar-refractivity contribution is -0.136. The molecule has 21 heteroatoms. The lowest BCUT2D eigenvalue weighted by Gasteiger charge is -2.22. The van der Waals surface area contributed by atoms with E-state index in [1.807, 2.05) is 0 Å². The van der Waals surface area contributed by atoms with Gasteiger partial charge in [-0.3, -0.25) is 30.9 Å². The molecule has 1 aromatic heterocycles. The van der Waals surface area contributed by atoms with Gasteiger partial charge in [0.25, 0.3) is 0 Å². The maximum atomic E-state index is 14.3. The first-order chi connectivity index (χ1) is 28.1. The number of benzene rings is 2. The number of carboxylic acid groups (broad SMARTS) is 1. The molecule has 2 aromatic carbocycles. The normalized spacial score (nSPS) is 11.8. The Labute approximate surface area is 368 Å². The molecule has 0 fully saturated rings. The van der Waals surface area contributed by atoms with Crippen molar-refractivity contribution in [3.05, 3.63) is 52.9 Å². The van der Waals surface area contributed by atoms with E-state index in [9.17, 15) is 32.4 Å². The number of nitrogens with one attached hydrogen (secondary N) is 5. The number of carboxylic acids is 1. The van der Waals surface area contributed by atoms with Crippen LogP contribution >= 0.6 is 34.9 Å². The summed E-state index contributed by atoms with van der Waals surface area (Å²) in [7, 11) is -4.24. The van der Waals surface area contributed by atoms with Crippen molar-refractivity contribution in [3.63, 3.8) is 0 Å². The smallest absolute Gasteiger partial charge is 0.414 e. The summed E-state index contributed by atoms with van der Waals surface area (Å²) in [6.07, 6.45) is -1.19. The van der Waals surface area contributed by atoms with Crippen LogP contribution in [0.2, 0.25) is 0 Å². The standard InChI is InChI=1S/C40H52N6O11S4/c1-22-17-24(42-34(45-36(51)56-39(5,6)7)46-37(52)57-40(8,9)10)19-26(43-29(47)21-59-16-15-30(48)49)31(22)23-13-12-14-25(18-23)61(53,54)28-20-27(60-33(28)58-11)32(41)44-35(50)55-38(2,3)4/h12-14,17-20H,15-16,21H2,1-11H3,(H,43,47)(H,48,49)(H2,41,44,50)(H2,42,45,46,51,52). The van der Waals surface area contributed by atoms with Crippen LogP contribution in [0, 0.1) is 12.3 Å². The highest BCUT2D eigenvalue weighted by Crippen LogP contribution is 2.40. The molecule has 0 radical (unpaired) electrons. The largest absolute Gasteiger partial charge is 0.481 e. The number of thioether (sulfide) groups is 2. The Bertz CT molecular complexity index is 2270. The predicted molar refractivity (Wildman–Crippen MR) is 238 cm³/mol. The van der Waals surface area contributed by atoms with Crippen molar-refractivity contribution in [1.29, 1.82) is 5.41 Å². The van der Waals surface area contributed by atoms with Crippen molar-refractivity contribution in [3.8, 4) is 11.1 Å². The van der Waals surface area contributed by atoms with Crippen molar-refractivity contribution in [1.82, 2.24) is 16.0 Å². The quantitative estimate of drug-likeness (QED) is 0.0329. The van der Waals surface area contributed by atoms with Crippen molar-refractivity contribution >= 4 is 98.0 Å². The number of rotatable bonds is 12. The zero-order valence-electron chi connectivity index (χ0n) is 35.8. The number of nitrogens with zero attached hydrogens (tertiary/aromatic N) is 1. The van der Waals surface area contributed by atoms with Crippen LogP contribution in [0.4, 0.5) is 25.8 Å². The number of aryl methyl sites for hydroxylation is 1. The molecule has 0 atom stereocenters. The van der Waals surface area contributed by atoms with Crippen LogP contribution in [-0.4, -0.2) is 90.0 Å². The van der Waals surface area contributed by atoms with Crippen molar-refractivity contribution in [2.75, 3.05) is 23.1 Å². The van der Waals surface area contributed by atoms with Gasteiger partial charge in [-0.25, -0.2) is 27.8 Å². The van der Waals surface area contributed by atoms with E-state index in [1.165, 1.54) is 30.3 Å². The Morgan fingerprint density at radius 1 is 0.836 bits per heavy atom. The highest BCUT2D eigenvalue weighted by molar-refractivity contribution is 8.01. The fraction of sp³-hybridized carbons (Fsp3) is 0.425. The van der Waals surface area contributed by atoms with Gasteiger partial charge in [-0.05, 0) is 117 Å². The predicted octanol–water partition coefficient (Wildman–Crippen LogP) is 8.31. The van der Waals surface area contributed by atoms with E-state index in [0.717, 1.165) is 34.9 Å². The van der Waals surface area contributed by atoms with E-state index in [1.54, 1.807) is 87.6 Å². The number of anilines is 1. The molecule has 61 heavy (non-hydrogen) atoms. The molecule has 3 rings (SSSR count). The number of amides is 4. The Kier molecular flexibility index (Phi) is 17.0. The number of carbonyl (C=O) groups is 5. The molecule has 6 N–H and O–H groups in total. The molecular weight excluding hydrogens is 869 g/mol. The lowest BCUT2D eigenvalue weighted by Crippen LogP contribution is -2.47. The van der Waals surface area contributed by atoms with Gasteiger partial charge in [-0.1, -0.05) is 12.1 Å². The second-order valence-electron chi connectivity index (χ2n) is 16.1. The first-order valence-electron chi connectivity index (χ1n) is 18.5. The third kappa shape index (κ3) is 16.4. The lowest BCUT2D eigenvalue weighted by atomic mass is 9.97. The number of amidine groups is 1.